The molecule has 0 aromatic heterocycles. The molecule has 0 aromatic carbocycles. The molecule has 0 aliphatic carbocycles. The highest BCUT2D eigenvalue weighted by Gasteiger charge is 2.73. The Hall–Kier alpha value is -0.960. The van der Waals surface area contributed by atoms with Crippen LogP contribution in [-0.4, -0.2) is 56.8 Å². The minimum absolute atomic E-state index is 0.0771. The molecule has 2 bridgehead atoms. The largest absolute Gasteiger partial charge is 0.460 e. The zero-order valence-corrected chi connectivity index (χ0v) is 11.8. The van der Waals surface area contributed by atoms with Crippen LogP contribution in [0.5, 0.6) is 0 Å². The van der Waals surface area contributed by atoms with Gasteiger partial charge in [-0.3, -0.25) is 4.18 Å². The quantitative estimate of drug-likeness (QED) is 0.300. The summed E-state index contributed by atoms with van der Waals surface area (Å²) in [5.41, 5.74) is -0.827. The van der Waals surface area contributed by atoms with Gasteiger partial charge in [0.05, 0.1) is 12.7 Å². The van der Waals surface area contributed by atoms with Crippen LogP contribution < -0.4 is 0 Å². The average Bonchev–Trinajstić information content (AvgIpc) is 2.89. The number of rotatable bonds is 5. The van der Waals surface area contributed by atoms with E-state index >= 15 is 0 Å². The fourth-order valence-corrected chi connectivity index (χ4v) is 5.13. The first-order valence-corrected chi connectivity index (χ1v) is 7.86. The second-order valence-corrected chi connectivity index (χ2v) is 7.03. The SMILES string of the molecule is C=CC(=O)OCCOC1C2CC3C(C)(O2)C1OS3(=O)=O. The Morgan fingerprint density at radius 3 is 2.95 bits per heavy atom. The van der Waals surface area contributed by atoms with Crippen molar-refractivity contribution < 1.29 is 31.6 Å². The number of hydrogen-bond acceptors (Lipinski definition) is 7. The van der Waals surface area contributed by atoms with Crippen LogP contribution in [0.15, 0.2) is 12.7 Å². The topological polar surface area (TPSA) is 88.1 Å². The van der Waals surface area contributed by atoms with E-state index in [0.717, 1.165) is 6.08 Å². The predicted octanol–water partition coefficient (Wildman–Crippen LogP) is -0.241. The summed E-state index contributed by atoms with van der Waals surface area (Å²) >= 11 is 0. The molecule has 3 saturated heterocycles. The molecule has 3 aliphatic rings. The van der Waals surface area contributed by atoms with Gasteiger partial charge < -0.3 is 14.2 Å². The summed E-state index contributed by atoms with van der Waals surface area (Å²) in [4.78, 5) is 10.9. The Bertz CT molecular complexity index is 542. The molecule has 8 heteroatoms. The molecule has 3 aliphatic heterocycles. The van der Waals surface area contributed by atoms with Gasteiger partial charge in [0.1, 0.15) is 29.7 Å². The Labute approximate surface area is 116 Å². The first-order chi connectivity index (χ1) is 9.38. The van der Waals surface area contributed by atoms with Gasteiger partial charge in [-0.15, -0.1) is 0 Å². The molecule has 0 aromatic rings. The van der Waals surface area contributed by atoms with E-state index in [4.69, 9.17) is 18.4 Å². The van der Waals surface area contributed by atoms with Crippen molar-refractivity contribution >= 4 is 16.1 Å². The maximum Gasteiger partial charge on any atom is 0.330 e. The van der Waals surface area contributed by atoms with E-state index in [0.29, 0.717) is 6.42 Å². The lowest BCUT2D eigenvalue weighted by Gasteiger charge is -2.26. The summed E-state index contributed by atoms with van der Waals surface area (Å²) in [6.45, 7) is 5.26. The highest BCUT2D eigenvalue weighted by molar-refractivity contribution is 7.87. The van der Waals surface area contributed by atoms with Crippen molar-refractivity contribution in [2.75, 3.05) is 13.2 Å². The van der Waals surface area contributed by atoms with Crippen LogP contribution in [0, 0.1) is 0 Å². The van der Waals surface area contributed by atoms with Crippen LogP contribution in [0.4, 0.5) is 0 Å². The summed E-state index contributed by atoms with van der Waals surface area (Å²) in [6.07, 6.45) is 0.0930. The van der Waals surface area contributed by atoms with Crippen molar-refractivity contribution in [1.82, 2.24) is 0 Å². The zero-order valence-electron chi connectivity index (χ0n) is 11.0. The van der Waals surface area contributed by atoms with E-state index in [-0.39, 0.29) is 19.3 Å². The second kappa shape index (κ2) is 4.52. The predicted molar refractivity (Wildman–Crippen MR) is 66.4 cm³/mol. The monoisotopic (exact) mass is 304 g/mol. The van der Waals surface area contributed by atoms with Gasteiger partial charge in [0.25, 0.3) is 10.1 Å². The van der Waals surface area contributed by atoms with E-state index in [2.05, 4.69) is 6.58 Å². The van der Waals surface area contributed by atoms with Crippen LogP contribution in [0.25, 0.3) is 0 Å². The fourth-order valence-electron chi connectivity index (χ4n) is 3.21. The first kappa shape index (κ1) is 14.0. The second-order valence-electron chi connectivity index (χ2n) is 5.28. The van der Waals surface area contributed by atoms with Crippen LogP contribution in [0.3, 0.4) is 0 Å². The molecule has 112 valence electrons. The zero-order chi connectivity index (χ0) is 14.5. The Morgan fingerprint density at radius 1 is 1.50 bits per heavy atom. The molecule has 3 heterocycles. The molecular formula is C12H16O7S. The van der Waals surface area contributed by atoms with Gasteiger partial charge >= 0.3 is 5.97 Å². The summed E-state index contributed by atoms with van der Waals surface area (Å²) in [7, 11) is -3.57. The van der Waals surface area contributed by atoms with Gasteiger partial charge in [0.15, 0.2) is 0 Å². The Morgan fingerprint density at radius 2 is 2.25 bits per heavy atom. The van der Waals surface area contributed by atoms with E-state index in [9.17, 15) is 13.2 Å². The summed E-state index contributed by atoms with van der Waals surface area (Å²) in [5.74, 6) is -0.524. The third kappa shape index (κ3) is 1.90. The molecule has 5 unspecified atom stereocenters. The third-order valence-corrected chi connectivity index (χ3v) is 5.94. The van der Waals surface area contributed by atoms with Gasteiger partial charge in [-0.1, -0.05) is 6.58 Å². The van der Waals surface area contributed by atoms with Crippen LogP contribution in [0.2, 0.25) is 0 Å². The molecule has 0 amide bonds. The maximum atomic E-state index is 11.9. The Balaban J connectivity index is 1.61. The van der Waals surface area contributed by atoms with E-state index in [1.54, 1.807) is 6.92 Å². The van der Waals surface area contributed by atoms with Crippen molar-refractivity contribution in [2.45, 2.75) is 42.5 Å². The molecule has 20 heavy (non-hydrogen) atoms. The number of esters is 1. The van der Waals surface area contributed by atoms with Crippen LogP contribution >= 0.6 is 0 Å². The molecule has 7 nitrogen and oxygen atoms in total. The number of ether oxygens (including phenoxy) is 3. The van der Waals surface area contributed by atoms with Gasteiger partial charge in [0.2, 0.25) is 0 Å². The van der Waals surface area contributed by atoms with E-state index in [1.807, 2.05) is 0 Å². The standard InChI is InChI=1S/C12H16O7S/c1-3-9(13)16-4-5-17-10-7-6-8-12(2,18-7)11(10)19-20(8,14)15/h3,7-8,10-11H,1,4-6H2,2H3. The smallest absolute Gasteiger partial charge is 0.330 e. The van der Waals surface area contributed by atoms with Crippen molar-refractivity contribution in [3.8, 4) is 0 Å². The van der Waals surface area contributed by atoms with Gasteiger partial charge in [-0.2, -0.15) is 8.42 Å². The molecule has 5 atom stereocenters. The molecule has 3 fully saturated rings. The molecule has 0 saturated carbocycles. The lowest BCUT2D eigenvalue weighted by Crippen LogP contribution is -2.47. The minimum atomic E-state index is -3.57. The molecule has 3 rings (SSSR count). The summed E-state index contributed by atoms with van der Waals surface area (Å²) < 4.78 is 45.0. The number of carbonyl (C=O) groups is 1. The third-order valence-electron chi connectivity index (χ3n) is 4.11. The number of carbonyl (C=O) groups excluding carboxylic acids is 1. The van der Waals surface area contributed by atoms with Gasteiger partial charge in [0, 0.05) is 6.08 Å². The molecular weight excluding hydrogens is 288 g/mol. The highest BCUT2D eigenvalue weighted by atomic mass is 32.2. The normalized spacial score (nSPS) is 43.6. The lowest BCUT2D eigenvalue weighted by molar-refractivity contribution is -0.140. The average molecular weight is 304 g/mol. The highest BCUT2D eigenvalue weighted by Crippen LogP contribution is 2.54. The maximum absolute atomic E-state index is 11.9. The lowest BCUT2D eigenvalue weighted by atomic mass is 9.85. The molecule has 0 N–H and O–H groups in total. The number of hydrogen-bond donors (Lipinski definition) is 0. The van der Waals surface area contributed by atoms with Gasteiger partial charge in [-0.05, 0) is 13.3 Å². The van der Waals surface area contributed by atoms with Crippen molar-refractivity contribution in [3.63, 3.8) is 0 Å². The van der Waals surface area contributed by atoms with Crippen molar-refractivity contribution in [2.24, 2.45) is 0 Å². The summed E-state index contributed by atoms with van der Waals surface area (Å²) in [6, 6.07) is 0. The molecule has 0 spiro atoms. The molecule has 0 radical (unpaired) electrons. The fraction of sp³-hybridized carbons (Fsp3) is 0.750. The van der Waals surface area contributed by atoms with Crippen LogP contribution in [-0.2, 0) is 33.3 Å². The minimum Gasteiger partial charge on any atom is -0.460 e. The van der Waals surface area contributed by atoms with Crippen molar-refractivity contribution in [1.29, 1.82) is 0 Å². The van der Waals surface area contributed by atoms with Gasteiger partial charge in [-0.25, -0.2) is 4.79 Å². The Kier molecular flexibility index (Phi) is 3.16. The first-order valence-electron chi connectivity index (χ1n) is 6.39. The summed E-state index contributed by atoms with van der Waals surface area (Å²) in [5, 5.41) is -0.608. The van der Waals surface area contributed by atoms with E-state index < -0.39 is 39.1 Å². The number of fused-ring (bicyclic) bond motifs is 1. The van der Waals surface area contributed by atoms with Crippen molar-refractivity contribution in [3.05, 3.63) is 12.7 Å². The van der Waals surface area contributed by atoms with E-state index in [1.165, 1.54) is 0 Å². The van der Waals surface area contributed by atoms with Crippen LogP contribution in [0.1, 0.15) is 13.3 Å².